The fraction of sp³-hybridized carbons (Fsp3) is 0.500. The van der Waals surface area contributed by atoms with Crippen LogP contribution < -0.4 is 10.6 Å². The molecule has 0 radical (unpaired) electrons. The molecule has 2 N–H and O–H groups in total. The van der Waals surface area contributed by atoms with Crippen molar-refractivity contribution in [1.29, 1.82) is 0 Å². The average Bonchev–Trinajstić information content (AvgIpc) is 2.36. The second-order valence-electron chi connectivity index (χ2n) is 4.12. The molecule has 18 heavy (non-hydrogen) atoms. The van der Waals surface area contributed by atoms with Gasteiger partial charge in [-0.15, -0.1) is 0 Å². The van der Waals surface area contributed by atoms with Gasteiger partial charge in [0.25, 0.3) is 5.91 Å². The van der Waals surface area contributed by atoms with Gasteiger partial charge in [-0.3, -0.25) is 14.0 Å². The van der Waals surface area contributed by atoms with Crippen molar-refractivity contribution in [1.82, 2.24) is 10.3 Å². The number of pyridine rings is 1. The van der Waals surface area contributed by atoms with E-state index in [4.69, 9.17) is 0 Å². The quantitative estimate of drug-likeness (QED) is 0.808. The third kappa shape index (κ3) is 4.83. The molecule has 0 saturated carbocycles. The van der Waals surface area contributed by atoms with Crippen LogP contribution in [0.15, 0.2) is 18.3 Å². The van der Waals surface area contributed by atoms with E-state index < -0.39 is 10.8 Å². The normalized spacial score (nSPS) is 13.7. The summed E-state index contributed by atoms with van der Waals surface area (Å²) < 4.78 is 11.0. The lowest BCUT2D eigenvalue weighted by Crippen LogP contribution is -2.34. The molecule has 1 amide bonds. The van der Waals surface area contributed by atoms with E-state index in [2.05, 4.69) is 15.6 Å². The van der Waals surface area contributed by atoms with Crippen LogP contribution in [-0.2, 0) is 10.8 Å². The van der Waals surface area contributed by atoms with Crippen LogP contribution in [0, 0.1) is 0 Å². The Labute approximate surface area is 110 Å². The summed E-state index contributed by atoms with van der Waals surface area (Å²) in [7, 11) is 0.960. The first-order valence-electron chi connectivity index (χ1n) is 5.77. The standard InChI is InChI=1S/C12H19N3O2S/c1-9(5-7-18(3)17)15-12(16)11-8-10(13-2)4-6-14-11/h4,6,8-9H,5,7H2,1-3H3,(H,13,14)(H,15,16). The van der Waals surface area contributed by atoms with Gasteiger partial charge in [-0.05, 0) is 25.5 Å². The van der Waals surface area contributed by atoms with Crippen LogP contribution in [0.1, 0.15) is 23.8 Å². The Morgan fingerprint density at radius 1 is 1.56 bits per heavy atom. The van der Waals surface area contributed by atoms with Gasteiger partial charge in [-0.1, -0.05) is 0 Å². The molecule has 0 aliphatic heterocycles. The summed E-state index contributed by atoms with van der Waals surface area (Å²) >= 11 is 0. The molecule has 0 aliphatic carbocycles. The minimum absolute atomic E-state index is 0.0126. The Balaban J connectivity index is 2.56. The van der Waals surface area contributed by atoms with Crippen molar-refractivity contribution < 1.29 is 9.00 Å². The maximum absolute atomic E-state index is 11.9. The van der Waals surface area contributed by atoms with Gasteiger partial charge >= 0.3 is 0 Å². The summed E-state index contributed by atoms with van der Waals surface area (Å²) in [6.07, 6.45) is 3.94. The lowest BCUT2D eigenvalue weighted by molar-refractivity contribution is 0.0934. The molecule has 2 atom stereocenters. The molecule has 0 aromatic carbocycles. The van der Waals surface area contributed by atoms with E-state index in [1.807, 2.05) is 6.92 Å². The first kappa shape index (κ1) is 14.6. The van der Waals surface area contributed by atoms with Crippen molar-refractivity contribution in [3.05, 3.63) is 24.0 Å². The molecule has 1 heterocycles. The SMILES string of the molecule is CNc1ccnc(C(=O)NC(C)CCS(C)=O)c1. The number of rotatable bonds is 6. The first-order valence-corrected chi connectivity index (χ1v) is 7.50. The van der Waals surface area contributed by atoms with Crippen molar-refractivity contribution in [3.63, 3.8) is 0 Å². The lowest BCUT2D eigenvalue weighted by atomic mass is 10.2. The van der Waals surface area contributed by atoms with E-state index in [0.29, 0.717) is 17.9 Å². The highest BCUT2D eigenvalue weighted by atomic mass is 32.2. The second-order valence-corrected chi connectivity index (χ2v) is 5.67. The van der Waals surface area contributed by atoms with E-state index >= 15 is 0 Å². The maximum Gasteiger partial charge on any atom is 0.270 e. The van der Waals surface area contributed by atoms with Gasteiger partial charge in [-0.2, -0.15) is 0 Å². The fourth-order valence-corrected chi connectivity index (χ4v) is 2.11. The zero-order chi connectivity index (χ0) is 13.5. The lowest BCUT2D eigenvalue weighted by Gasteiger charge is -2.13. The molecule has 0 bridgehead atoms. The van der Waals surface area contributed by atoms with E-state index in [0.717, 1.165) is 5.69 Å². The van der Waals surface area contributed by atoms with Crippen LogP contribution in [0.3, 0.4) is 0 Å². The summed E-state index contributed by atoms with van der Waals surface area (Å²) in [4.78, 5) is 15.9. The van der Waals surface area contributed by atoms with Gasteiger partial charge in [0, 0.05) is 47.8 Å². The Kier molecular flexibility index (Phi) is 5.77. The maximum atomic E-state index is 11.9. The van der Waals surface area contributed by atoms with Crippen LogP contribution in [0.25, 0.3) is 0 Å². The van der Waals surface area contributed by atoms with Gasteiger partial charge < -0.3 is 10.6 Å². The van der Waals surface area contributed by atoms with Crippen LogP contribution in [0.5, 0.6) is 0 Å². The number of anilines is 1. The molecule has 1 aromatic heterocycles. The fourth-order valence-electron chi connectivity index (χ4n) is 1.42. The Bertz CT molecular complexity index is 437. The number of nitrogens with one attached hydrogen (secondary N) is 2. The highest BCUT2D eigenvalue weighted by molar-refractivity contribution is 7.84. The molecule has 6 heteroatoms. The van der Waals surface area contributed by atoms with Crippen LogP contribution in [0.4, 0.5) is 5.69 Å². The highest BCUT2D eigenvalue weighted by Gasteiger charge is 2.11. The Morgan fingerprint density at radius 3 is 2.89 bits per heavy atom. The molecule has 0 spiro atoms. The van der Waals surface area contributed by atoms with E-state index in [9.17, 15) is 9.00 Å². The van der Waals surface area contributed by atoms with Crippen molar-refractivity contribution in [2.24, 2.45) is 0 Å². The first-order chi connectivity index (χ1) is 8.52. The zero-order valence-corrected chi connectivity index (χ0v) is 11.7. The molecule has 100 valence electrons. The van der Waals surface area contributed by atoms with Gasteiger partial charge in [0.15, 0.2) is 0 Å². The van der Waals surface area contributed by atoms with E-state index in [1.165, 1.54) is 0 Å². The van der Waals surface area contributed by atoms with E-state index in [1.54, 1.807) is 31.6 Å². The number of hydrogen-bond donors (Lipinski definition) is 2. The highest BCUT2D eigenvalue weighted by Crippen LogP contribution is 2.07. The summed E-state index contributed by atoms with van der Waals surface area (Å²) in [6, 6.07) is 3.47. The number of carbonyl (C=O) groups is 1. The Hall–Kier alpha value is -1.43. The van der Waals surface area contributed by atoms with Crippen LogP contribution in [-0.4, -0.2) is 40.2 Å². The molecular formula is C12H19N3O2S. The van der Waals surface area contributed by atoms with Gasteiger partial charge in [0.2, 0.25) is 0 Å². The largest absolute Gasteiger partial charge is 0.388 e. The smallest absolute Gasteiger partial charge is 0.270 e. The molecule has 1 rings (SSSR count). The number of carbonyl (C=O) groups excluding carboxylic acids is 1. The molecule has 1 aromatic rings. The molecule has 0 aliphatic rings. The molecule has 2 unspecified atom stereocenters. The van der Waals surface area contributed by atoms with Crippen molar-refractivity contribution >= 4 is 22.4 Å². The predicted molar refractivity (Wildman–Crippen MR) is 74.3 cm³/mol. The topological polar surface area (TPSA) is 71.1 Å². The van der Waals surface area contributed by atoms with Gasteiger partial charge in [0.05, 0.1) is 0 Å². The molecule has 0 saturated heterocycles. The minimum atomic E-state index is -0.827. The summed E-state index contributed by atoms with van der Waals surface area (Å²) in [5, 5.41) is 5.79. The van der Waals surface area contributed by atoms with Crippen molar-refractivity contribution in [2.75, 3.05) is 24.4 Å². The minimum Gasteiger partial charge on any atom is -0.388 e. The number of nitrogens with zero attached hydrogens (tertiary/aromatic N) is 1. The number of amides is 1. The summed E-state index contributed by atoms with van der Waals surface area (Å²) in [6.45, 7) is 1.90. The second kappa shape index (κ2) is 7.10. The third-order valence-electron chi connectivity index (χ3n) is 2.50. The third-order valence-corrected chi connectivity index (χ3v) is 3.31. The average molecular weight is 269 g/mol. The Morgan fingerprint density at radius 2 is 2.28 bits per heavy atom. The van der Waals surface area contributed by atoms with Crippen LogP contribution in [0.2, 0.25) is 0 Å². The van der Waals surface area contributed by atoms with Crippen molar-refractivity contribution in [2.45, 2.75) is 19.4 Å². The van der Waals surface area contributed by atoms with E-state index in [-0.39, 0.29) is 11.9 Å². The van der Waals surface area contributed by atoms with Crippen molar-refractivity contribution in [3.8, 4) is 0 Å². The molecule has 0 fully saturated rings. The zero-order valence-electron chi connectivity index (χ0n) is 10.9. The number of hydrogen-bond acceptors (Lipinski definition) is 4. The molecule has 5 nitrogen and oxygen atoms in total. The van der Waals surface area contributed by atoms with Gasteiger partial charge in [-0.25, -0.2) is 0 Å². The van der Waals surface area contributed by atoms with Gasteiger partial charge in [0.1, 0.15) is 5.69 Å². The molecular weight excluding hydrogens is 250 g/mol. The monoisotopic (exact) mass is 269 g/mol. The predicted octanol–water partition coefficient (Wildman–Crippen LogP) is 1.01. The summed E-state index contributed by atoms with van der Waals surface area (Å²) in [5.74, 6) is 0.382. The summed E-state index contributed by atoms with van der Waals surface area (Å²) in [5.41, 5.74) is 1.23. The van der Waals surface area contributed by atoms with Crippen LogP contribution >= 0.6 is 0 Å². The number of aromatic nitrogens is 1.